The minimum absolute atomic E-state index is 0.428. The lowest BCUT2D eigenvalue weighted by Crippen LogP contribution is -2.30. The highest BCUT2D eigenvalue weighted by Crippen LogP contribution is 2.23. The molecule has 4 rings (SSSR count). The minimum Gasteiger partial charge on any atom is -0.459 e. The van der Waals surface area contributed by atoms with Crippen molar-refractivity contribution >= 4 is 0 Å². The number of aryl methyl sites for hydroxylation is 3. The van der Waals surface area contributed by atoms with Crippen LogP contribution in [0.1, 0.15) is 29.5 Å². The summed E-state index contributed by atoms with van der Waals surface area (Å²) in [5.74, 6) is 4.28. The Balaban J connectivity index is 1.32. The van der Waals surface area contributed by atoms with Gasteiger partial charge in [0.2, 0.25) is 5.89 Å². The van der Waals surface area contributed by atoms with Crippen molar-refractivity contribution in [1.82, 2.24) is 30.3 Å². The van der Waals surface area contributed by atoms with E-state index in [1.54, 1.807) is 6.26 Å². The molecule has 3 aromatic rings. The van der Waals surface area contributed by atoms with Gasteiger partial charge in [0.05, 0.1) is 12.8 Å². The van der Waals surface area contributed by atoms with Crippen molar-refractivity contribution in [3.05, 3.63) is 35.4 Å². The molecule has 0 saturated carbocycles. The number of nitrogens with one attached hydrogen (secondary N) is 1. The number of aromatic nitrogens is 5. The van der Waals surface area contributed by atoms with Crippen LogP contribution in [0.4, 0.5) is 0 Å². The van der Waals surface area contributed by atoms with Crippen LogP contribution in [0.3, 0.4) is 0 Å². The van der Waals surface area contributed by atoms with Crippen molar-refractivity contribution in [2.24, 2.45) is 5.92 Å². The van der Waals surface area contributed by atoms with Gasteiger partial charge in [-0.05, 0) is 32.3 Å². The van der Waals surface area contributed by atoms with Crippen molar-refractivity contribution in [3.63, 3.8) is 0 Å². The Labute approximate surface area is 139 Å². The van der Waals surface area contributed by atoms with Gasteiger partial charge < -0.3 is 18.7 Å². The Morgan fingerprint density at radius 2 is 2.17 bits per heavy atom. The van der Waals surface area contributed by atoms with E-state index in [1.165, 1.54) is 0 Å². The van der Waals surface area contributed by atoms with E-state index in [2.05, 4.69) is 30.3 Å². The second-order valence-corrected chi connectivity index (χ2v) is 6.24. The van der Waals surface area contributed by atoms with Gasteiger partial charge in [-0.25, -0.2) is 0 Å². The Morgan fingerprint density at radius 3 is 3.00 bits per heavy atom. The van der Waals surface area contributed by atoms with Gasteiger partial charge in [-0.3, -0.25) is 0 Å². The molecule has 0 radical (unpaired) electrons. The zero-order chi connectivity index (χ0) is 16.5. The average Bonchev–Trinajstić information content (AvgIpc) is 3.29. The topological polar surface area (TPSA) is 94.8 Å². The standard InChI is InChI=1S/C16H20N6O2/c1-10-5-6-23-15(10)16-21-20-14(24-16)8-17-7-12-3-4-13-19-18-11(2)22(13)9-12/h5-6,12,17H,3-4,7-9H2,1-2H3/t12-/m0/s1. The monoisotopic (exact) mass is 328 g/mol. The van der Waals surface area contributed by atoms with Crippen LogP contribution in [0.2, 0.25) is 0 Å². The molecule has 1 atom stereocenters. The van der Waals surface area contributed by atoms with E-state index in [9.17, 15) is 0 Å². The molecule has 4 heterocycles. The number of hydrogen-bond acceptors (Lipinski definition) is 7. The van der Waals surface area contributed by atoms with Gasteiger partial charge in [0.25, 0.3) is 5.89 Å². The largest absolute Gasteiger partial charge is 0.459 e. The number of fused-ring (bicyclic) bond motifs is 1. The van der Waals surface area contributed by atoms with Gasteiger partial charge in [0, 0.05) is 25.1 Å². The van der Waals surface area contributed by atoms with Crippen LogP contribution < -0.4 is 5.32 Å². The summed E-state index contributed by atoms with van der Waals surface area (Å²) in [5, 5.41) is 19.9. The van der Waals surface area contributed by atoms with Gasteiger partial charge in [0.15, 0.2) is 5.76 Å². The Hall–Kier alpha value is -2.48. The number of rotatable bonds is 5. The highest BCUT2D eigenvalue weighted by atomic mass is 16.4. The van der Waals surface area contributed by atoms with Crippen LogP contribution in [-0.4, -0.2) is 31.5 Å². The molecule has 8 heteroatoms. The lowest BCUT2D eigenvalue weighted by Gasteiger charge is -2.23. The van der Waals surface area contributed by atoms with Crippen LogP contribution in [-0.2, 0) is 19.5 Å². The molecule has 0 aliphatic carbocycles. The first-order valence-electron chi connectivity index (χ1n) is 8.17. The highest BCUT2D eigenvalue weighted by Gasteiger charge is 2.21. The van der Waals surface area contributed by atoms with E-state index in [-0.39, 0.29) is 0 Å². The summed E-state index contributed by atoms with van der Waals surface area (Å²) in [7, 11) is 0. The van der Waals surface area contributed by atoms with E-state index in [1.807, 2.05) is 19.9 Å². The minimum atomic E-state index is 0.428. The van der Waals surface area contributed by atoms with Crippen molar-refractivity contribution in [2.45, 2.75) is 39.8 Å². The molecular weight excluding hydrogens is 308 g/mol. The van der Waals surface area contributed by atoms with Crippen LogP contribution in [0.15, 0.2) is 21.2 Å². The summed E-state index contributed by atoms with van der Waals surface area (Å²) in [6.07, 6.45) is 3.72. The molecule has 0 aromatic carbocycles. The van der Waals surface area contributed by atoms with Gasteiger partial charge in [0.1, 0.15) is 11.6 Å². The van der Waals surface area contributed by atoms with Crippen LogP contribution in [0, 0.1) is 19.8 Å². The fourth-order valence-corrected chi connectivity index (χ4v) is 3.09. The van der Waals surface area contributed by atoms with Gasteiger partial charge in [-0.15, -0.1) is 20.4 Å². The molecule has 1 aliphatic rings. The molecule has 3 aromatic heterocycles. The first kappa shape index (κ1) is 15.1. The Bertz CT molecular complexity index is 833. The van der Waals surface area contributed by atoms with Crippen LogP contribution in [0.25, 0.3) is 11.7 Å². The third-order valence-electron chi connectivity index (χ3n) is 4.46. The number of hydrogen-bond donors (Lipinski definition) is 1. The lowest BCUT2D eigenvalue weighted by atomic mass is 9.99. The average molecular weight is 328 g/mol. The van der Waals surface area contributed by atoms with Crippen LogP contribution in [0.5, 0.6) is 0 Å². The SMILES string of the molecule is Cc1ccoc1-c1nnc(CNC[C@@H]2CCc3nnc(C)n3C2)o1. The maximum atomic E-state index is 5.66. The van der Waals surface area contributed by atoms with Crippen LogP contribution >= 0.6 is 0 Å². The van der Waals surface area contributed by atoms with E-state index in [0.717, 1.165) is 43.1 Å². The summed E-state index contributed by atoms with van der Waals surface area (Å²) in [5.41, 5.74) is 0.987. The fourth-order valence-electron chi connectivity index (χ4n) is 3.09. The summed E-state index contributed by atoms with van der Waals surface area (Å²) in [4.78, 5) is 0. The van der Waals surface area contributed by atoms with Gasteiger partial charge >= 0.3 is 0 Å². The molecule has 1 N–H and O–H groups in total. The maximum absolute atomic E-state index is 5.66. The Morgan fingerprint density at radius 1 is 1.25 bits per heavy atom. The molecule has 0 fully saturated rings. The normalized spacial score (nSPS) is 17.2. The molecule has 126 valence electrons. The summed E-state index contributed by atoms with van der Waals surface area (Å²) < 4.78 is 13.2. The fraction of sp³-hybridized carbons (Fsp3) is 0.500. The summed E-state index contributed by atoms with van der Waals surface area (Å²) >= 11 is 0. The van der Waals surface area contributed by atoms with Crippen molar-refractivity contribution in [3.8, 4) is 11.7 Å². The third kappa shape index (κ3) is 2.84. The first-order valence-corrected chi connectivity index (χ1v) is 8.17. The first-order chi connectivity index (χ1) is 11.7. The molecular formula is C16H20N6O2. The number of furan rings is 1. The number of nitrogens with zero attached hydrogens (tertiary/aromatic N) is 5. The Kier molecular flexibility index (Phi) is 3.89. The van der Waals surface area contributed by atoms with Crippen molar-refractivity contribution in [2.75, 3.05) is 6.54 Å². The summed E-state index contributed by atoms with van der Waals surface area (Å²) in [6.45, 7) is 6.36. The molecule has 0 bridgehead atoms. The smallest absolute Gasteiger partial charge is 0.283 e. The lowest BCUT2D eigenvalue weighted by molar-refractivity contribution is 0.337. The molecule has 0 saturated heterocycles. The predicted octanol–water partition coefficient (Wildman–Crippen LogP) is 1.89. The third-order valence-corrected chi connectivity index (χ3v) is 4.46. The van der Waals surface area contributed by atoms with Gasteiger partial charge in [-0.1, -0.05) is 0 Å². The zero-order valence-electron chi connectivity index (χ0n) is 13.8. The second kappa shape index (κ2) is 6.20. The predicted molar refractivity (Wildman–Crippen MR) is 85.0 cm³/mol. The highest BCUT2D eigenvalue weighted by molar-refractivity contribution is 5.49. The van der Waals surface area contributed by atoms with E-state index in [0.29, 0.717) is 30.0 Å². The second-order valence-electron chi connectivity index (χ2n) is 6.24. The summed E-state index contributed by atoms with van der Waals surface area (Å²) in [6, 6.07) is 1.88. The quantitative estimate of drug-likeness (QED) is 0.764. The van der Waals surface area contributed by atoms with E-state index < -0.39 is 0 Å². The molecule has 0 amide bonds. The van der Waals surface area contributed by atoms with Crippen molar-refractivity contribution < 1.29 is 8.83 Å². The molecule has 1 aliphatic heterocycles. The van der Waals surface area contributed by atoms with Gasteiger partial charge in [-0.2, -0.15) is 0 Å². The van der Waals surface area contributed by atoms with E-state index >= 15 is 0 Å². The molecule has 0 spiro atoms. The maximum Gasteiger partial charge on any atom is 0.283 e. The zero-order valence-corrected chi connectivity index (χ0v) is 13.8. The van der Waals surface area contributed by atoms with E-state index in [4.69, 9.17) is 8.83 Å². The molecule has 24 heavy (non-hydrogen) atoms. The molecule has 0 unspecified atom stereocenters. The van der Waals surface area contributed by atoms with Crippen molar-refractivity contribution in [1.29, 1.82) is 0 Å². The molecule has 8 nitrogen and oxygen atoms in total.